The van der Waals surface area contributed by atoms with Crippen LogP contribution < -0.4 is 10.2 Å². The lowest BCUT2D eigenvalue weighted by Gasteiger charge is -2.34. The van der Waals surface area contributed by atoms with E-state index in [2.05, 4.69) is 0 Å². The summed E-state index contributed by atoms with van der Waals surface area (Å²) in [7, 11) is 0. The van der Waals surface area contributed by atoms with Crippen LogP contribution in [0.25, 0.3) is 17.0 Å². The molecule has 0 radical (unpaired) electrons. The summed E-state index contributed by atoms with van der Waals surface area (Å²) in [4.78, 5) is 12.5. The van der Waals surface area contributed by atoms with Gasteiger partial charge in [0.2, 0.25) is 0 Å². The Kier molecular flexibility index (Phi) is 4.38. The van der Waals surface area contributed by atoms with Gasteiger partial charge in [-0.1, -0.05) is 0 Å². The van der Waals surface area contributed by atoms with Gasteiger partial charge in [0, 0.05) is 6.07 Å². The molecule has 4 N–H and O–H groups in total. The Morgan fingerprint density at radius 1 is 1.22 bits per heavy atom. The summed E-state index contributed by atoms with van der Waals surface area (Å²) >= 11 is 0. The number of phenols is 1. The molecule has 0 aliphatic carbocycles. The first-order valence-corrected chi connectivity index (χ1v) is 8.63. The number of aryl methyl sites for hydroxylation is 1. The average molecular weight is 376 g/mol. The van der Waals surface area contributed by atoms with Gasteiger partial charge in [-0.15, -0.1) is 0 Å². The van der Waals surface area contributed by atoms with Gasteiger partial charge in [-0.3, -0.25) is 4.79 Å². The van der Waals surface area contributed by atoms with Gasteiger partial charge in [0.15, 0.2) is 11.0 Å². The predicted octanol–water partition coefficient (Wildman–Crippen LogP) is 2.16. The molecule has 1 aliphatic heterocycles. The van der Waals surface area contributed by atoms with Crippen LogP contribution in [0.4, 0.5) is 0 Å². The standard InChI is InChI=1S/C20H24O7/c1-9-8-11(21)12-14(22)10-6-7-19(2,3)27-16(10)13(17(12)26-9)15(23)18(24)20(4,5)25/h6-8,15,18,22-25H,1-5H3. The summed E-state index contributed by atoms with van der Waals surface area (Å²) in [5.41, 5.74) is -2.76. The fraction of sp³-hybridized carbons (Fsp3) is 0.450. The molecule has 2 heterocycles. The summed E-state index contributed by atoms with van der Waals surface area (Å²) in [6, 6.07) is 1.23. The van der Waals surface area contributed by atoms with Crippen LogP contribution in [0, 0.1) is 6.92 Å². The number of ether oxygens (including phenoxy) is 1. The Morgan fingerprint density at radius 3 is 2.44 bits per heavy atom. The first-order valence-electron chi connectivity index (χ1n) is 8.63. The number of rotatable bonds is 3. The van der Waals surface area contributed by atoms with E-state index in [0.29, 0.717) is 0 Å². The van der Waals surface area contributed by atoms with E-state index in [-0.39, 0.29) is 39.4 Å². The number of hydrogen-bond acceptors (Lipinski definition) is 7. The molecule has 0 amide bonds. The lowest BCUT2D eigenvalue weighted by molar-refractivity contribution is -0.108. The molecule has 0 spiro atoms. The number of fused-ring (bicyclic) bond motifs is 2. The largest absolute Gasteiger partial charge is 0.506 e. The lowest BCUT2D eigenvalue weighted by Crippen LogP contribution is -2.41. The smallest absolute Gasteiger partial charge is 0.196 e. The molecule has 0 saturated carbocycles. The Balaban J connectivity index is 2.45. The van der Waals surface area contributed by atoms with E-state index in [1.54, 1.807) is 32.9 Å². The number of aliphatic hydroxyl groups is 3. The molecular formula is C20H24O7. The molecule has 2 aromatic rings. The Morgan fingerprint density at radius 2 is 1.85 bits per heavy atom. The minimum Gasteiger partial charge on any atom is -0.506 e. The zero-order chi connectivity index (χ0) is 20.3. The third kappa shape index (κ3) is 3.22. The third-order valence-corrected chi connectivity index (χ3v) is 4.63. The summed E-state index contributed by atoms with van der Waals surface area (Å²) < 4.78 is 11.6. The predicted molar refractivity (Wildman–Crippen MR) is 99.9 cm³/mol. The summed E-state index contributed by atoms with van der Waals surface area (Å²) in [5.74, 6) is 0.0370. The van der Waals surface area contributed by atoms with E-state index >= 15 is 0 Å². The minimum atomic E-state index is -1.64. The molecule has 27 heavy (non-hydrogen) atoms. The maximum atomic E-state index is 12.5. The number of phenolic OH excluding ortho intramolecular Hbond substituents is 1. The number of benzene rings is 1. The van der Waals surface area contributed by atoms with Crippen molar-refractivity contribution < 1.29 is 29.6 Å². The molecule has 0 fully saturated rings. The quantitative estimate of drug-likeness (QED) is 0.648. The van der Waals surface area contributed by atoms with Crippen molar-refractivity contribution in [3.63, 3.8) is 0 Å². The van der Waals surface area contributed by atoms with Crippen LogP contribution >= 0.6 is 0 Å². The highest BCUT2D eigenvalue weighted by atomic mass is 16.5. The van der Waals surface area contributed by atoms with Crippen molar-refractivity contribution in [3.8, 4) is 11.5 Å². The van der Waals surface area contributed by atoms with Crippen LogP contribution in [0.2, 0.25) is 0 Å². The van der Waals surface area contributed by atoms with Gasteiger partial charge >= 0.3 is 0 Å². The highest BCUT2D eigenvalue weighted by Crippen LogP contribution is 2.47. The fourth-order valence-corrected chi connectivity index (χ4v) is 3.17. The summed E-state index contributed by atoms with van der Waals surface area (Å²) in [6.07, 6.45) is 0.0747. The molecule has 2 atom stereocenters. The summed E-state index contributed by atoms with van der Waals surface area (Å²) in [5, 5.41) is 42.0. The van der Waals surface area contributed by atoms with Crippen LogP contribution in [0.3, 0.4) is 0 Å². The van der Waals surface area contributed by atoms with Crippen LogP contribution in [-0.4, -0.2) is 37.7 Å². The Bertz CT molecular complexity index is 992. The topological polar surface area (TPSA) is 120 Å². The Hall–Kier alpha value is -2.35. The molecule has 2 unspecified atom stereocenters. The fourth-order valence-electron chi connectivity index (χ4n) is 3.17. The maximum absolute atomic E-state index is 12.5. The first-order chi connectivity index (χ1) is 12.3. The van der Waals surface area contributed by atoms with Crippen molar-refractivity contribution in [1.29, 1.82) is 0 Å². The zero-order valence-corrected chi connectivity index (χ0v) is 15.9. The van der Waals surface area contributed by atoms with Crippen molar-refractivity contribution in [3.05, 3.63) is 39.3 Å². The van der Waals surface area contributed by atoms with Gasteiger partial charge in [0.25, 0.3) is 0 Å². The number of aliphatic hydroxyl groups excluding tert-OH is 2. The van der Waals surface area contributed by atoms with Gasteiger partial charge < -0.3 is 29.6 Å². The van der Waals surface area contributed by atoms with Crippen LogP contribution in [0.15, 0.2) is 21.4 Å². The Labute approximate surface area is 156 Å². The van der Waals surface area contributed by atoms with E-state index in [1.165, 1.54) is 19.9 Å². The summed E-state index contributed by atoms with van der Waals surface area (Å²) in [6.45, 7) is 7.82. The van der Waals surface area contributed by atoms with Crippen LogP contribution in [0.1, 0.15) is 50.7 Å². The van der Waals surface area contributed by atoms with Crippen LogP contribution in [0.5, 0.6) is 11.5 Å². The van der Waals surface area contributed by atoms with Crippen molar-refractivity contribution in [2.45, 2.75) is 58.0 Å². The minimum absolute atomic E-state index is 0.00523. The molecule has 1 aromatic heterocycles. The maximum Gasteiger partial charge on any atom is 0.196 e. The van der Waals surface area contributed by atoms with Gasteiger partial charge in [0.05, 0.1) is 16.7 Å². The van der Waals surface area contributed by atoms with Gasteiger partial charge in [-0.25, -0.2) is 0 Å². The van der Waals surface area contributed by atoms with E-state index in [0.717, 1.165) is 0 Å². The third-order valence-electron chi connectivity index (χ3n) is 4.63. The molecule has 7 heteroatoms. The number of hydrogen-bond donors (Lipinski definition) is 4. The molecule has 0 saturated heterocycles. The first kappa shape index (κ1) is 19.4. The second-order valence-corrected chi connectivity index (χ2v) is 8.01. The molecular weight excluding hydrogens is 352 g/mol. The second kappa shape index (κ2) is 6.09. The van der Waals surface area contributed by atoms with Gasteiger partial charge in [-0.2, -0.15) is 0 Å². The van der Waals surface area contributed by atoms with E-state index in [1.807, 2.05) is 0 Å². The molecule has 1 aromatic carbocycles. The molecule has 146 valence electrons. The van der Waals surface area contributed by atoms with Crippen molar-refractivity contribution >= 4 is 17.0 Å². The zero-order valence-electron chi connectivity index (χ0n) is 15.9. The lowest BCUT2D eigenvalue weighted by atomic mass is 9.88. The molecule has 1 aliphatic rings. The monoisotopic (exact) mass is 376 g/mol. The van der Waals surface area contributed by atoms with Gasteiger partial charge in [-0.05, 0) is 46.8 Å². The second-order valence-electron chi connectivity index (χ2n) is 8.01. The van der Waals surface area contributed by atoms with Crippen LogP contribution in [-0.2, 0) is 0 Å². The highest BCUT2D eigenvalue weighted by molar-refractivity contribution is 5.94. The molecule has 3 rings (SSSR count). The SMILES string of the molecule is Cc1cc(=O)c2c(O)c3c(c(C(O)C(O)C(C)(C)O)c2o1)OC(C)(C)C=C3. The van der Waals surface area contributed by atoms with E-state index < -0.39 is 28.8 Å². The number of aromatic hydroxyl groups is 1. The molecule has 0 bridgehead atoms. The van der Waals surface area contributed by atoms with E-state index in [9.17, 15) is 25.2 Å². The van der Waals surface area contributed by atoms with Crippen molar-refractivity contribution in [2.24, 2.45) is 0 Å². The average Bonchev–Trinajstić information content (AvgIpc) is 2.51. The molecule has 7 nitrogen and oxygen atoms in total. The van der Waals surface area contributed by atoms with Crippen molar-refractivity contribution in [2.75, 3.05) is 0 Å². The normalized spacial score (nSPS) is 18.1. The van der Waals surface area contributed by atoms with E-state index in [4.69, 9.17) is 9.15 Å². The van der Waals surface area contributed by atoms with Gasteiger partial charge in [0.1, 0.15) is 40.5 Å². The van der Waals surface area contributed by atoms with Crippen molar-refractivity contribution in [1.82, 2.24) is 0 Å². The highest BCUT2D eigenvalue weighted by Gasteiger charge is 2.39.